The first-order valence-electron chi connectivity index (χ1n) is 8.60. The van der Waals surface area contributed by atoms with Crippen LogP contribution in [0.15, 0.2) is 47.8 Å². The average Bonchev–Trinajstić information content (AvgIpc) is 3.27. The van der Waals surface area contributed by atoms with E-state index in [9.17, 15) is 14.4 Å². The van der Waals surface area contributed by atoms with Crippen LogP contribution in [0.2, 0.25) is 0 Å². The highest BCUT2D eigenvalue weighted by molar-refractivity contribution is 7.12. The summed E-state index contributed by atoms with van der Waals surface area (Å²) >= 11 is 1.41. The van der Waals surface area contributed by atoms with Crippen molar-refractivity contribution in [3.05, 3.63) is 58.3 Å². The zero-order chi connectivity index (χ0) is 18.1. The van der Waals surface area contributed by atoms with E-state index >= 15 is 0 Å². The third-order valence-corrected chi connectivity index (χ3v) is 5.92. The number of thiophene rings is 1. The average molecular weight is 369 g/mol. The molecule has 1 spiro atoms. The molecule has 1 aromatic carbocycles. The number of urea groups is 1. The number of benzene rings is 1. The minimum absolute atomic E-state index is 0.00670. The van der Waals surface area contributed by atoms with Crippen LogP contribution in [0.5, 0.6) is 0 Å². The van der Waals surface area contributed by atoms with E-state index in [1.807, 2.05) is 47.8 Å². The zero-order valence-electron chi connectivity index (χ0n) is 14.2. The number of likely N-dealkylation sites (tertiary alicyclic amines) is 1. The molecule has 0 aliphatic carbocycles. The first kappa shape index (κ1) is 16.8. The summed E-state index contributed by atoms with van der Waals surface area (Å²) in [5, 5.41) is 4.76. The van der Waals surface area contributed by atoms with Crippen molar-refractivity contribution in [2.75, 3.05) is 13.1 Å². The van der Waals surface area contributed by atoms with Gasteiger partial charge in [-0.3, -0.25) is 14.5 Å². The van der Waals surface area contributed by atoms with Crippen LogP contribution in [-0.2, 0) is 11.3 Å². The molecule has 2 fully saturated rings. The molecule has 4 amide bonds. The molecular formula is C19H19N3O3S. The third kappa shape index (κ3) is 2.88. The summed E-state index contributed by atoms with van der Waals surface area (Å²) in [6, 6.07) is 12.8. The minimum atomic E-state index is -0.877. The molecule has 6 nitrogen and oxygen atoms in total. The van der Waals surface area contributed by atoms with Gasteiger partial charge in [0, 0.05) is 13.1 Å². The van der Waals surface area contributed by atoms with Gasteiger partial charge in [-0.25, -0.2) is 4.79 Å². The van der Waals surface area contributed by atoms with E-state index in [0.717, 1.165) is 5.56 Å². The largest absolute Gasteiger partial charge is 0.338 e. The van der Waals surface area contributed by atoms with E-state index in [0.29, 0.717) is 30.8 Å². The van der Waals surface area contributed by atoms with E-state index < -0.39 is 5.54 Å². The molecule has 3 heterocycles. The predicted molar refractivity (Wildman–Crippen MR) is 97.7 cm³/mol. The lowest BCUT2D eigenvalue weighted by Crippen LogP contribution is -2.55. The first-order valence-corrected chi connectivity index (χ1v) is 9.48. The lowest BCUT2D eigenvalue weighted by atomic mass is 9.87. The maximum absolute atomic E-state index is 12.9. The fourth-order valence-corrected chi connectivity index (χ4v) is 4.26. The fourth-order valence-electron chi connectivity index (χ4n) is 3.57. The van der Waals surface area contributed by atoms with Gasteiger partial charge in [0.15, 0.2) is 0 Å². The van der Waals surface area contributed by atoms with Crippen molar-refractivity contribution in [1.82, 2.24) is 15.1 Å². The molecule has 2 aromatic rings. The lowest BCUT2D eigenvalue weighted by Gasteiger charge is -2.37. The van der Waals surface area contributed by atoms with Gasteiger partial charge in [0.1, 0.15) is 5.54 Å². The Morgan fingerprint density at radius 3 is 2.46 bits per heavy atom. The number of carbonyl (C=O) groups excluding carboxylic acids is 3. The Bertz CT molecular complexity index is 827. The van der Waals surface area contributed by atoms with Gasteiger partial charge in [-0.2, -0.15) is 0 Å². The Morgan fingerprint density at radius 1 is 1.08 bits per heavy atom. The van der Waals surface area contributed by atoms with Crippen molar-refractivity contribution < 1.29 is 14.4 Å². The Kier molecular flexibility index (Phi) is 4.24. The molecule has 4 rings (SSSR count). The summed E-state index contributed by atoms with van der Waals surface area (Å²) in [6.45, 7) is 1.19. The van der Waals surface area contributed by atoms with Crippen molar-refractivity contribution in [2.24, 2.45) is 0 Å². The van der Waals surface area contributed by atoms with Crippen molar-refractivity contribution >= 4 is 29.2 Å². The Morgan fingerprint density at radius 2 is 1.81 bits per heavy atom. The zero-order valence-corrected chi connectivity index (χ0v) is 15.0. The molecule has 134 valence electrons. The molecule has 0 unspecified atom stereocenters. The molecule has 0 saturated carbocycles. The monoisotopic (exact) mass is 369 g/mol. The van der Waals surface area contributed by atoms with E-state index in [1.54, 1.807) is 4.90 Å². The summed E-state index contributed by atoms with van der Waals surface area (Å²) in [5.41, 5.74) is 0.0383. The van der Waals surface area contributed by atoms with Crippen molar-refractivity contribution in [2.45, 2.75) is 24.9 Å². The maximum Gasteiger partial charge on any atom is 0.325 e. The van der Waals surface area contributed by atoms with Crippen LogP contribution in [0.25, 0.3) is 0 Å². The number of rotatable bonds is 3. The Balaban J connectivity index is 1.44. The van der Waals surface area contributed by atoms with Gasteiger partial charge in [-0.05, 0) is 29.9 Å². The SMILES string of the molecule is O=C(c1cccs1)N1CCC2(CC1)NC(=O)N(Cc1ccccc1)C2=O. The molecule has 2 aliphatic rings. The highest BCUT2D eigenvalue weighted by Gasteiger charge is 2.52. The minimum Gasteiger partial charge on any atom is -0.338 e. The molecule has 26 heavy (non-hydrogen) atoms. The number of hydrogen-bond donors (Lipinski definition) is 1. The van der Waals surface area contributed by atoms with Crippen LogP contribution in [0.3, 0.4) is 0 Å². The second-order valence-electron chi connectivity index (χ2n) is 6.66. The fraction of sp³-hybridized carbons (Fsp3) is 0.316. The summed E-state index contributed by atoms with van der Waals surface area (Å²) in [6.07, 6.45) is 0.889. The van der Waals surface area contributed by atoms with Crippen LogP contribution in [0.1, 0.15) is 28.1 Å². The summed E-state index contributed by atoms with van der Waals surface area (Å²) in [4.78, 5) is 41.5. The van der Waals surface area contributed by atoms with Crippen LogP contribution >= 0.6 is 11.3 Å². The normalized spacial score (nSPS) is 19.1. The van der Waals surface area contributed by atoms with Gasteiger partial charge in [0.05, 0.1) is 11.4 Å². The highest BCUT2D eigenvalue weighted by atomic mass is 32.1. The van der Waals surface area contributed by atoms with Gasteiger partial charge in [-0.15, -0.1) is 11.3 Å². The molecule has 7 heteroatoms. The predicted octanol–water partition coefficient (Wildman–Crippen LogP) is 2.47. The number of imide groups is 1. The number of nitrogens with one attached hydrogen (secondary N) is 1. The summed E-state index contributed by atoms with van der Waals surface area (Å²) in [5.74, 6) is -0.192. The van der Waals surface area contributed by atoms with Crippen molar-refractivity contribution in [3.63, 3.8) is 0 Å². The molecule has 2 saturated heterocycles. The standard InChI is InChI=1S/C19H19N3O3S/c23-16(15-7-4-12-26-15)21-10-8-19(9-11-21)17(24)22(18(25)20-19)13-14-5-2-1-3-6-14/h1-7,12H,8-11,13H2,(H,20,25). The Labute approximate surface area is 155 Å². The molecule has 1 N–H and O–H groups in total. The van der Waals surface area contributed by atoms with Crippen LogP contribution in [-0.4, -0.2) is 46.3 Å². The van der Waals surface area contributed by atoms with Gasteiger partial charge in [0.25, 0.3) is 11.8 Å². The smallest absolute Gasteiger partial charge is 0.325 e. The van der Waals surface area contributed by atoms with Crippen LogP contribution in [0, 0.1) is 0 Å². The number of piperidine rings is 1. The van der Waals surface area contributed by atoms with Crippen molar-refractivity contribution in [3.8, 4) is 0 Å². The van der Waals surface area contributed by atoms with E-state index in [4.69, 9.17) is 0 Å². The van der Waals surface area contributed by atoms with Crippen LogP contribution in [0.4, 0.5) is 4.79 Å². The van der Waals surface area contributed by atoms with Gasteiger partial charge in [-0.1, -0.05) is 36.4 Å². The third-order valence-electron chi connectivity index (χ3n) is 5.07. The summed E-state index contributed by atoms with van der Waals surface area (Å²) < 4.78 is 0. The van der Waals surface area contributed by atoms with Crippen LogP contribution < -0.4 is 5.32 Å². The number of carbonyl (C=O) groups is 3. The first-order chi connectivity index (χ1) is 12.6. The lowest BCUT2D eigenvalue weighted by molar-refractivity contribution is -0.133. The van der Waals surface area contributed by atoms with E-state index in [-0.39, 0.29) is 24.4 Å². The maximum atomic E-state index is 12.9. The molecule has 0 bridgehead atoms. The van der Waals surface area contributed by atoms with Gasteiger partial charge >= 0.3 is 6.03 Å². The summed E-state index contributed by atoms with van der Waals surface area (Å²) in [7, 11) is 0. The van der Waals surface area contributed by atoms with Gasteiger partial charge in [0.2, 0.25) is 0 Å². The molecule has 0 atom stereocenters. The molecule has 2 aliphatic heterocycles. The molecular weight excluding hydrogens is 350 g/mol. The Hall–Kier alpha value is -2.67. The number of amides is 4. The quantitative estimate of drug-likeness (QED) is 0.845. The highest BCUT2D eigenvalue weighted by Crippen LogP contribution is 2.31. The number of nitrogens with zero attached hydrogens (tertiary/aromatic N) is 2. The van der Waals surface area contributed by atoms with E-state index in [2.05, 4.69) is 5.32 Å². The number of hydrogen-bond acceptors (Lipinski definition) is 4. The topological polar surface area (TPSA) is 69.7 Å². The van der Waals surface area contributed by atoms with E-state index in [1.165, 1.54) is 16.2 Å². The van der Waals surface area contributed by atoms with Crippen molar-refractivity contribution in [1.29, 1.82) is 0 Å². The second kappa shape index (κ2) is 6.57. The molecule has 1 aromatic heterocycles. The molecule has 0 radical (unpaired) electrons. The van der Waals surface area contributed by atoms with Gasteiger partial charge < -0.3 is 10.2 Å². The second-order valence-corrected chi connectivity index (χ2v) is 7.61.